The van der Waals surface area contributed by atoms with Crippen LogP contribution in [0.1, 0.15) is 21.5 Å². The van der Waals surface area contributed by atoms with Crippen molar-refractivity contribution in [2.45, 2.75) is 13.5 Å². The van der Waals surface area contributed by atoms with Gasteiger partial charge in [0.25, 0.3) is 5.91 Å². The maximum absolute atomic E-state index is 12.1. The van der Waals surface area contributed by atoms with E-state index in [4.69, 9.17) is 11.6 Å². The number of nitro groups is 1. The summed E-state index contributed by atoms with van der Waals surface area (Å²) in [5.74, 6) is -0.541. The van der Waals surface area contributed by atoms with Crippen LogP contribution in [0.5, 0.6) is 0 Å². The lowest BCUT2D eigenvalue weighted by Crippen LogP contribution is -2.24. The molecule has 0 unspecified atom stereocenters. The lowest BCUT2D eigenvalue weighted by atomic mass is 10.1. The third-order valence-electron chi connectivity index (χ3n) is 2.99. The topological polar surface area (TPSA) is 85.1 Å². The van der Waals surface area contributed by atoms with Crippen LogP contribution in [0.25, 0.3) is 0 Å². The average molecular weight is 306 g/mol. The number of carbonyl (C=O) groups is 1. The molecule has 2 aromatic rings. The fraction of sp³-hybridized carbons (Fsp3) is 0.143. The van der Waals surface area contributed by atoms with Crippen LogP contribution in [0.4, 0.5) is 5.69 Å². The number of benzene rings is 1. The van der Waals surface area contributed by atoms with E-state index in [1.165, 1.54) is 18.2 Å². The molecule has 7 heteroatoms. The summed E-state index contributed by atoms with van der Waals surface area (Å²) in [7, 11) is 0. The summed E-state index contributed by atoms with van der Waals surface area (Å²) < 4.78 is 0. The van der Waals surface area contributed by atoms with E-state index in [9.17, 15) is 14.9 Å². The number of carbonyl (C=O) groups excluding carboxylic acids is 1. The van der Waals surface area contributed by atoms with Gasteiger partial charge in [-0.25, -0.2) is 0 Å². The Hall–Kier alpha value is -2.47. The molecular formula is C14H12ClN3O3. The maximum atomic E-state index is 12.1. The largest absolute Gasteiger partial charge is 0.348 e. The first-order valence-electron chi connectivity index (χ1n) is 6.11. The highest BCUT2D eigenvalue weighted by Crippen LogP contribution is 2.28. The molecule has 1 heterocycles. The monoisotopic (exact) mass is 305 g/mol. The first kappa shape index (κ1) is 14.9. The first-order chi connectivity index (χ1) is 10.0. The van der Waals surface area contributed by atoms with E-state index in [1.54, 1.807) is 18.5 Å². The Balaban J connectivity index is 2.20. The molecular weight excluding hydrogens is 294 g/mol. The zero-order valence-corrected chi connectivity index (χ0v) is 11.9. The number of nitrogens with one attached hydrogen (secondary N) is 1. The van der Waals surface area contributed by atoms with Gasteiger partial charge in [0.2, 0.25) is 0 Å². The van der Waals surface area contributed by atoms with E-state index >= 15 is 0 Å². The molecule has 0 fully saturated rings. The number of rotatable bonds is 4. The van der Waals surface area contributed by atoms with Crippen molar-refractivity contribution in [1.29, 1.82) is 0 Å². The number of nitrogens with zero attached hydrogens (tertiary/aromatic N) is 2. The summed E-state index contributed by atoms with van der Waals surface area (Å²) in [6.07, 6.45) is 3.31. The van der Waals surface area contributed by atoms with Gasteiger partial charge in [0.15, 0.2) is 0 Å². The second kappa shape index (κ2) is 6.32. The van der Waals surface area contributed by atoms with E-state index in [-0.39, 0.29) is 22.8 Å². The van der Waals surface area contributed by atoms with Gasteiger partial charge in [0.05, 0.1) is 4.92 Å². The summed E-state index contributed by atoms with van der Waals surface area (Å²) in [5, 5.41) is 13.6. The van der Waals surface area contributed by atoms with E-state index in [1.807, 2.05) is 6.92 Å². The molecule has 6 nitrogen and oxygen atoms in total. The summed E-state index contributed by atoms with van der Waals surface area (Å²) in [6, 6.07) is 6.03. The van der Waals surface area contributed by atoms with Crippen LogP contribution < -0.4 is 5.32 Å². The van der Waals surface area contributed by atoms with Crippen LogP contribution in [0.15, 0.2) is 36.7 Å². The van der Waals surface area contributed by atoms with Crippen LogP contribution in [0.3, 0.4) is 0 Å². The predicted octanol–water partition coefficient (Wildman–Crippen LogP) is 2.88. The number of aryl methyl sites for hydroxylation is 1. The minimum Gasteiger partial charge on any atom is -0.348 e. The predicted molar refractivity (Wildman–Crippen MR) is 78.3 cm³/mol. The molecule has 0 spiro atoms. The second-order valence-electron chi connectivity index (χ2n) is 4.38. The van der Waals surface area contributed by atoms with Gasteiger partial charge in [-0.05, 0) is 36.2 Å². The molecule has 108 valence electrons. The Morgan fingerprint density at radius 2 is 2.19 bits per heavy atom. The molecule has 0 aliphatic rings. The quantitative estimate of drug-likeness (QED) is 0.695. The van der Waals surface area contributed by atoms with Crippen LogP contribution in [0, 0.1) is 17.0 Å². The second-order valence-corrected chi connectivity index (χ2v) is 4.79. The highest BCUT2D eigenvalue weighted by atomic mass is 35.5. The zero-order valence-electron chi connectivity index (χ0n) is 11.2. The molecule has 0 atom stereocenters. The third-order valence-corrected chi connectivity index (χ3v) is 3.29. The summed E-state index contributed by atoms with van der Waals surface area (Å²) in [4.78, 5) is 26.4. The van der Waals surface area contributed by atoms with Gasteiger partial charge in [-0.15, -0.1) is 0 Å². The van der Waals surface area contributed by atoms with Gasteiger partial charge in [-0.1, -0.05) is 17.7 Å². The smallest absolute Gasteiger partial charge is 0.300 e. The number of halogens is 1. The van der Waals surface area contributed by atoms with Crippen LogP contribution in [-0.2, 0) is 6.54 Å². The molecule has 0 aliphatic carbocycles. The number of amides is 1. The van der Waals surface area contributed by atoms with Crippen molar-refractivity contribution in [3.05, 3.63) is 68.5 Å². The number of nitro benzene ring substituents is 1. The van der Waals surface area contributed by atoms with E-state index in [0.717, 1.165) is 11.1 Å². The van der Waals surface area contributed by atoms with Crippen LogP contribution in [-0.4, -0.2) is 15.8 Å². The molecule has 0 saturated heterocycles. The highest BCUT2D eigenvalue weighted by Gasteiger charge is 2.23. The normalized spacial score (nSPS) is 10.2. The lowest BCUT2D eigenvalue weighted by molar-refractivity contribution is -0.385. The SMILES string of the molecule is Cc1cnccc1CNC(=O)c1cccc(Cl)c1[N+](=O)[O-]. The van der Waals surface area contributed by atoms with Crippen LogP contribution in [0.2, 0.25) is 5.02 Å². The Bertz CT molecular complexity index is 704. The van der Waals surface area contributed by atoms with Crippen molar-refractivity contribution < 1.29 is 9.72 Å². The Morgan fingerprint density at radius 3 is 2.86 bits per heavy atom. The fourth-order valence-electron chi connectivity index (χ4n) is 1.86. The van der Waals surface area contributed by atoms with Gasteiger partial charge < -0.3 is 5.32 Å². The number of pyridine rings is 1. The van der Waals surface area contributed by atoms with Gasteiger partial charge in [0.1, 0.15) is 10.6 Å². The first-order valence-corrected chi connectivity index (χ1v) is 6.49. The van der Waals surface area contributed by atoms with E-state index < -0.39 is 10.8 Å². The molecule has 0 bridgehead atoms. The van der Waals surface area contributed by atoms with Crippen molar-refractivity contribution in [3.8, 4) is 0 Å². The molecule has 0 saturated carbocycles. The number of aromatic nitrogens is 1. The van der Waals surface area contributed by atoms with Crippen molar-refractivity contribution in [2.75, 3.05) is 0 Å². The van der Waals surface area contributed by atoms with E-state index in [2.05, 4.69) is 10.3 Å². The van der Waals surface area contributed by atoms with Crippen LogP contribution >= 0.6 is 11.6 Å². The number of hydrogen-bond donors (Lipinski definition) is 1. The molecule has 2 rings (SSSR count). The molecule has 21 heavy (non-hydrogen) atoms. The molecule has 1 amide bonds. The van der Waals surface area contributed by atoms with Crippen molar-refractivity contribution in [3.63, 3.8) is 0 Å². The Morgan fingerprint density at radius 1 is 1.43 bits per heavy atom. The zero-order chi connectivity index (χ0) is 15.4. The van der Waals surface area contributed by atoms with Gasteiger partial charge in [-0.3, -0.25) is 19.9 Å². The molecule has 0 radical (unpaired) electrons. The summed E-state index contributed by atoms with van der Waals surface area (Å²) >= 11 is 5.78. The Labute approximate surface area is 125 Å². The minimum atomic E-state index is -0.658. The van der Waals surface area contributed by atoms with Gasteiger partial charge >= 0.3 is 5.69 Å². The maximum Gasteiger partial charge on any atom is 0.300 e. The fourth-order valence-corrected chi connectivity index (χ4v) is 2.10. The van der Waals surface area contributed by atoms with Crippen molar-refractivity contribution >= 4 is 23.2 Å². The number of para-hydroxylation sites is 1. The van der Waals surface area contributed by atoms with Gasteiger partial charge in [0, 0.05) is 18.9 Å². The number of hydrogen-bond acceptors (Lipinski definition) is 4. The lowest BCUT2D eigenvalue weighted by Gasteiger charge is -2.08. The Kier molecular flexibility index (Phi) is 4.49. The third kappa shape index (κ3) is 3.35. The average Bonchev–Trinajstić information content (AvgIpc) is 2.45. The summed E-state index contributed by atoms with van der Waals surface area (Å²) in [6.45, 7) is 2.13. The molecule has 1 aromatic heterocycles. The summed E-state index contributed by atoms with van der Waals surface area (Å²) in [5.41, 5.74) is 1.38. The minimum absolute atomic E-state index is 0.0563. The van der Waals surface area contributed by atoms with Crippen molar-refractivity contribution in [2.24, 2.45) is 0 Å². The molecule has 1 N–H and O–H groups in total. The standard InChI is InChI=1S/C14H12ClN3O3/c1-9-7-16-6-5-10(9)8-17-14(19)11-3-2-4-12(15)13(11)18(20)21/h2-7H,8H2,1H3,(H,17,19). The van der Waals surface area contributed by atoms with E-state index in [0.29, 0.717) is 0 Å². The molecule has 1 aromatic carbocycles. The van der Waals surface area contributed by atoms with Crippen molar-refractivity contribution in [1.82, 2.24) is 10.3 Å². The molecule has 0 aliphatic heterocycles. The van der Waals surface area contributed by atoms with Gasteiger partial charge in [-0.2, -0.15) is 0 Å². The highest BCUT2D eigenvalue weighted by molar-refractivity contribution is 6.33.